The van der Waals surface area contributed by atoms with Crippen LogP contribution in [0.4, 0.5) is 0 Å². The highest BCUT2D eigenvalue weighted by atomic mass is 15.1. The molecular weight excluding hydrogens is 178 g/mol. The Morgan fingerprint density at radius 3 is 3.00 bits per heavy atom. The lowest BCUT2D eigenvalue weighted by atomic mass is 10.3. The molecule has 66 valence electrons. The number of rotatable bonds is 1. The normalized spacial score (nSPS) is 7.64. The SMILES string of the molecule is N#Cc1ccc(C#CCN=[N+]=[N-])nc1. The molecule has 1 heterocycles. The molecule has 0 unspecified atom stereocenters. The number of hydrogen-bond acceptors (Lipinski definition) is 3. The number of hydrogen-bond donors (Lipinski definition) is 0. The number of azide groups is 1. The zero-order valence-corrected chi connectivity index (χ0v) is 7.18. The van der Waals surface area contributed by atoms with Crippen LogP contribution in [0.15, 0.2) is 23.4 Å². The molecule has 0 atom stereocenters. The second kappa shape index (κ2) is 5.21. The van der Waals surface area contributed by atoms with Crippen LogP contribution in [-0.2, 0) is 0 Å². The fourth-order valence-electron chi connectivity index (χ4n) is 0.731. The van der Waals surface area contributed by atoms with Crippen molar-refractivity contribution < 1.29 is 0 Å². The number of aromatic nitrogens is 1. The van der Waals surface area contributed by atoms with E-state index in [4.69, 9.17) is 10.8 Å². The van der Waals surface area contributed by atoms with Gasteiger partial charge >= 0.3 is 0 Å². The molecule has 0 saturated heterocycles. The summed E-state index contributed by atoms with van der Waals surface area (Å²) in [5, 5.41) is 11.7. The molecule has 0 aliphatic carbocycles. The first-order chi connectivity index (χ1) is 6.86. The van der Waals surface area contributed by atoms with Gasteiger partial charge in [0.1, 0.15) is 11.8 Å². The van der Waals surface area contributed by atoms with Gasteiger partial charge < -0.3 is 0 Å². The van der Waals surface area contributed by atoms with Crippen molar-refractivity contribution in [2.75, 3.05) is 6.54 Å². The lowest BCUT2D eigenvalue weighted by Gasteiger charge is -1.88. The molecule has 5 heteroatoms. The summed E-state index contributed by atoms with van der Waals surface area (Å²) in [5.41, 5.74) is 9.01. The first-order valence-corrected chi connectivity index (χ1v) is 3.72. The molecule has 0 aromatic carbocycles. The lowest BCUT2D eigenvalue weighted by Crippen LogP contribution is -1.83. The Labute approximate surface area is 80.6 Å². The van der Waals surface area contributed by atoms with Gasteiger partial charge in [0.25, 0.3) is 0 Å². The van der Waals surface area contributed by atoms with Gasteiger partial charge in [-0.25, -0.2) is 4.98 Å². The highest BCUT2D eigenvalue weighted by molar-refractivity contribution is 5.33. The zero-order chi connectivity index (χ0) is 10.2. The van der Waals surface area contributed by atoms with E-state index in [1.54, 1.807) is 12.1 Å². The Morgan fingerprint density at radius 1 is 1.57 bits per heavy atom. The first kappa shape index (κ1) is 9.60. The number of nitriles is 1. The van der Waals surface area contributed by atoms with Gasteiger partial charge in [-0.3, -0.25) is 0 Å². The van der Waals surface area contributed by atoms with Gasteiger partial charge in [-0.15, -0.1) is 0 Å². The van der Waals surface area contributed by atoms with Crippen LogP contribution in [-0.4, -0.2) is 11.5 Å². The summed E-state index contributed by atoms with van der Waals surface area (Å²) in [6.07, 6.45) is 1.44. The molecule has 1 aromatic rings. The molecule has 0 aliphatic rings. The average Bonchev–Trinajstić information content (AvgIpc) is 2.25. The summed E-state index contributed by atoms with van der Waals surface area (Å²) in [7, 11) is 0. The van der Waals surface area contributed by atoms with Crippen molar-refractivity contribution >= 4 is 0 Å². The van der Waals surface area contributed by atoms with E-state index in [1.807, 2.05) is 6.07 Å². The molecule has 1 aromatic heterocycles. The summed E-state index contributed by atoms with van der Waals surface area (Å²) >= 11 is 0. The third-order valence-corrected chi connectivity index (χ3v) is 1.32. The number of pyridine rings is 1. The highest BCUT2D eigenvalue weighted by Gasteiger charge is 1.89. The molecular formula is C9H5N5. The van der Waals surface area contributed by atoms with E-state index >= 15 is 0 Å². The van der Waals surface area contributed by atoms with Crippen molar-refractivity contribution in [3.05, 3.63) is 40.0 Å². The average molecular weight is 183 g/mol. The van der Waals surface area contributed by atoms with Crippen molar-refractivity contribution in [3.63, 3.8) is 0 Å². The largest absolute Gasteiger partial charge is 0.246 e. The van der Waals surface area contributed by atoms with Crippen LogP contribution < -0.4 is 0 Å². The monoisotopic (exact) mass is 183 g/mol. The lowest BCUT2D eigenvalue weighted by molar-refractivity contribution is 1.24. The Kier molecular flexibility index (Phi) is 3.57. The molecule has 0 spiro atoms. The van der Waals surface area contributed by atoms with Crippen molar-refractivity contribution in [1.29, 1.82) is 5.26 Å². The quantitative estimate of drug-likeness (QED) is 0.286. The third kappa shape index (κ3) is 2.86. The van der Waals surface area contributed by atoms with E-state index in [0.29, 0.717) is 11.3 Å². The van der Waals surface area contributed by atoms with Gasteiger partial charge in [-0.1, -0.05) is 11.0 Å². The Bertz CT molecular complexity index is 451. The summed E-state index contributed by atoms with van der Waals surface area (Å²) in [5.74, 6) is 5.32. The zero-order valence-electron chi connectivity index (χ0n) is 7.18. The van der Waals surface area contributed by atoms with Crippen LogP contribution in [0.25, 0.3) is 10.4 Å². The molecule has 0 radical (unpaired) electrons. The second-order valence-electron chi connectivity index (χ2n) is 2.23. The van der Waals surface area contributed by atoms with E-state index in [0.717, 1.165) is 0 Å². The highest BCUT2D eigenvalue weighted by Crippen LogP contribution is 1.96. The van der Waals surface area contributed by atoms with E-state index in [2.05, 4.69) is 26.9 Å². The topological polar surface area (TPSA) is 85.4 Å². The van der Waals surface area contributed by atoms with Crippen LogP contribution in [0.1, 0.15) is 11.3 Å². The molecule has 1 rings (SSSR count). The van der Waals surface area contributed by atoms with E-state index in [9.17, 15) is 0 Å². The molecule has 0 aliphatic heterocycles. The van der Waals surface area contributed by atoms with E-state index < -0.39 is 0 Å². The Hall–Kier alpha value is -2.49. The molecule has 0 saturated carbocycles. The van der Waals surface area contributed by atoms with Gasteiger partial charge in [-0.05, 0) is 23.6 Å². The van der Waals surface area contributed by atoms with Crippen LogP contribution in [0, 0.1) is 23.2 Å². The van der Waals surface area contributed by atoms with Gasteiger partial charge in [0.15, 0.2) is 0 Å². The van der Waals surface area contributed by atoms with Crippen molar-refractivity contribution in [3.8, 4) is 17.9 Å². The fraction of sp³-hybridized carbons (Fsp3) is 0.111. The van der Waals surface area contributed by atoms with E-state index in [-0.39, 0.29) is 6.54 Å². The molecule has 0 bridgehead atoms. The fourth-order valence-corrected chi connectivity index (χ4v) is 0.731. The van der Waals surface area contributed by atoms with Gasteiger partial charge in [0.05, 0.1) is 12.1 Å². The van der Waals surface area contributed by atoms with E-state index in [1.165, 1.54) is 6.20 Å². The minimum absolute atomic E-state index is 0.123. The Balaban J connectivity index is 2.72. The molecule has 0 fully saturated rings. The summed E-state index contributed by atoms with van der Waals surface area (Å²) < 4.78 is 0. The molecule has 0 amide bonds. The maximum absolute atomic E-state index is 8.49. The minimum Gasteiger partial charge on any atom is -0.246 e. The van der Waals surface area contributed by atoms with Crippen LogP contribution in [0.2, 0.25) is 0 Å². The first-order valence-electron chi connectivity index (χ1n) is 3.72. The summed E-state index contributed by atoms with van der Waals surface area (Å²) in [4.78, 5) is 6.47. The van der Waals surface area contributed by atoms with Crippen molar-refractivity contribution in [2.24, 2.45) is 5.11 Å². The second-order valence-corrected chi connectivity index (χ2v) is 2.23. The predicted molar refractivity (Wildman–Crippen MR) is 49.8 cm³/mol. The van der Waals surface area contributed by atoms with Crippen LogP contribution >= 0.6 is 0 Å². The van der Waals surface area contributed by atoms with Crippen molar-refractivity contribution in [2.45, 2.75) is 0 Å². The minimum atomic E-state index is 0.123. The van der Waals surface area contributed by atoms with Crippen molar-refractivity contribution in [1.82, 2.24) is 4.98 Å². The maximum Gasteiger partial charge on any atom is 0.113 e. The Morgan fingerprint density at radius 2 is 2.43 bits per heavy atom. The predicted octanol–water partition coefficient (Wildman–Crippen LogP) is 1.62. The van der Waals surface area contributed by atoms with Gasteiger partial charge in [0.2, 0.25) is 0 Å². The van der Waals surface area contributed by atoms with Crippen LogP contribution in [0.5, 0.6) is 0 Å². The number of nitrogens with zero attached hydrogens (tertiary/aromatic N) is 5. The smallest absolute Gasteiger partial charge is 0.113 e. The summed E-state index contributed by atoms with van der Waals surface area (Å²) in [6.45, 7) is 0.123. The third-order valence-electron chi connectivity index (χ3n) is 1.32. The van der Waals surface area contributed by atoms with Crippen LogP contribution in [0.3, 0.4) is 0 Å². The summed E-state index contributed by atoms with van der Waals surface area (Å²) in [6, 6.07) is 5.22. The van der Waals surface area contributed by atoms with Gasteiger partial charge in [0, 0.05) is 11.1 Å². The molecule has 5 nitrogen and oxygen atoms in total. The standard InChI is InChI=1S/C9H5N5/c10-6-8-3-4-9(12-7-8)2-1-5-13-14-11/h3-4,7H,5H2. The molecule has 14 heavy (non-hydrogen) atoms. The molecule has 0 N–H and O–H groups in total. The maximum atomic E-state index is 8.49. The van der Waals surface area contributed by atoms with Gasteiger partial charge in [-0.2, -0.15) is 5.26 Å².